The molecule has 0 bridgehead atoms. The second-order valence-electron chi connectivity index (χ2n) is 3.53. The maximum absolute atomic E-state index is 10.9. The lowest BCUT2D eigenvalue weighted by Gasteiger charge is -2.03. The summed E-state index contributed by atoms with van der Waals surface area (Å²) in [4.78, 5) is 34.9. The van der Waals surface area contributed by atoms with Crippen LogP contribution in [-0.2, 0) is 10.7 Å². The van der Waals surface area contributed by atoms with Gasteiger partial charge in [0.05, 0.1) is 17.2 Å². The van der Waals surface area contributed by atoms with Crippen molar-refractivity contribution in [1.29, 1.82) is 0 Å². The van der Waals surface area contributed by atoms with E-state index in [9.17, 15) is 9.36 Å². The number of H-pyrrole nitrogens is 1. The van der Waals surface area contributed by atoms with E-state index in [1.807, 2.05) is 0 Å². The second-order valence-corrected chi connectivity index (χ2v) is 5.17. The van der Waals surface area contributed by atoms with Crippen LogP contribution in [0.15, 0.2) is 18.2 Å². The van der Waals surface area contributed by atoms with E-state index in [1.165, 1.54) is 6.07 Å². The number of aromatic amines is 1. The number of carboxylic acids is 1. The van der Waals surface area contributed by atoms with Crippen LogP contribution in [0.5, 0.6) is 0 Å². The van der Waals surface area contributed by atoms with Crippen LogP contribution in [0.3, 0.4) is 0 Å². The third-order valence-corrected chi connectivity index (χ3v) is 2.93. The number of imidazole rings is 1. The maximum Gasteiger partial charge on any atom is 0.371 e. The first kappa shape index (κ1) is 11.8. The Morgan fingerprint density at radius 1 is 1.41 bits per heavy atom. The molecule has 0 spiro atoms. The summed E-state index contributed by atoms with van der Waals surface area (Å²) < 4.78 is 10.9. The standard InChI is InChI=1S/C9H9N2O5P/c12-9(13)8-10-6-3-1-2-5(7(6)11-8)4-17(14,15)16/h1-3H,4H2,(H,10,11)(H,12,13)(H2,14,15,16). The molecule has 90 valence electrons. The first-order valence-electron chi connectivity index (χ1n) is 4.62. The van der Waals surface area contributed by atoms with Gasteiger partial charge < -0.3 is 19.9 Å². The molecule has 0 amide bonds. The molecule has 1 aromatic carbocycles. The lowest BCUT2D eigenvalue weighted by Crippen LogP contribution is -1.98. The number of carbonyl (C=O) groups is 1. The highest BCUT2D eigenvalue weighted by Gasteiger charge is 2.18. The van der Waals surface area contributed by atoms with Gasteiger partial charge in [0.1, 0.15) is 0 Å². The van der Waals surface area contributed by atoms with E-state index in [0.29, 0.717) is 11.1 Å². The smallest absolute Gasteiger partial charge is 0.371 e. The molecule has 2 rings (SSSR count). The minimum absolute atomic E-state index is 0.252. The molecule has 0 fully saturated rings. The van der Waals surface area contributed by atoms with Crippen molar-refractivity contribution >= 4 is 24.6 Å². The molecular formula is C9H9N2O5P. The Morgan fingerprint density at radius 3 is 2.71 bits per heavy atom. The number of nitrogens with one attached hydrogen (secondary N) is 1. The molecule has 8 heteroatoms. The van der Waals surface area contributed by atoms with Crippen LogP contribution < -0.4 is 0 Å². The molecule has 2 aromatic rings. The van der Waals surface area contributed by atoms with Gasteiger partial charge in [0.25, 0.3) is 0 Å². The van der Waals surface area contributed by atoms with Gasteiger partial charge in [0.2, 0.25) is 5.82 Å². The summed E-state index contributed by atoms with van der Waals surface area (Å²) in [7, 11) is -4.21. The lowest BCUT2D eigenvalue weighted by molar-refractivity contribution is 0.0685. The number of benzene rings is 1. The summed E-state index contributed by atoms with van der Waals surface area (Å²) >= 11 is 0. The highest BCUT2D eigenvalue weighted by atomic mass is 31.2. The normalized spacial score (nSPS) is 11.9. The molecule has 0 unspecified atom stereocenters. The maximum atomic E-state index is 10.9. The fraction of sp³-hybridized carbons (Fsp3) is 0.111. The highest BCUT2D eigenvalue weighted by Crippen LogP contribution is 2.40. The molecule has 1 heterocycles. The Labute approximate surface area is 95.3 Å². The van der Waals surface area contributed by atoms with Gasteiger partial charge in [-0.3, -0.25) is 4.57 Å². The summed E-state index contributed by atoms with van der Waals surface area (Å²) in [6, 6.07) is 4.68. The van der Waals surface area contributed by atoms with Gasteiger partial charge in [0, 0.05) is 0 Å². The van der Waals surface area contributed by atoms with Gasteiger partial charge in [-0.25, -0.2) is 9.78 Å². The average Bonchev–Trinajstić information content (AvgIpc) is 2.60. The topological polar surface area (TPSA) is 124 Å². The van der Waals surface area contributed by atoms with E-state index >= 15 is 0 Å². The van der Waals surface area contributed by atoms with Crippen LogP contribution in [0.1, 0.15) is 16.2 Å². The monoisotopic (exact) mass is 256 g/mol. The van der Waals surface area contributed by atoms with Crippen molar-refractivity contribution in [3.8, 4) is 0 Å². The predicted octanol–water partition coefficient (Wildman–Crippen LogP) is 0.939. The van der Waals surface area contributed by atoms with Gasteiger partial charge in [-0.05, 0) is 11.6 Å². The van der Waals surface area contributed by atoms with Crippen molar-refractivity contribution in [2.24, 2.45) is 0 Å². The Kier molecular flexibility index (Phi) is 2.74. The molecule has 0 saturated heterocycles. The number of nitrogens with zero attached hydrogens (tertiary/aromatic N) is 1. The Hall–Kier alpha value is -1.69. The predicted molar refractivity (Wildman–Crippen MR) is 58.8 cm³/mol. The fourth-order valence-electron chi connectivity index (χ4n) is 1.54. The second kappa shape index (κ2) is 3.96. The summed E-state index contributed by atoms with van der Waals surface area (Å²) in [5.41, 5.74) is 1.03. The zero-order chi connectivity index (χ0) is 12.6. The zero-order valence-corrected chi connectivity index (χ0v) is 9.39. The van der Waals surface area contributed by atoms with Crippen LogP contribution in [0.2, 0.25) is 0 Å². The molecule has 0 aliphatic heterocycles. The number of carboxylic acid groups (broad SMARTS) is 1. The van der Waals surface area contributed by atoms with Crippen molar-refractivity contribution in [2.45, 2.75) is 6.16 Å². The first-order chi connectivity index (χ1) is 7.87. The molecule has 4 N–H and O–H groups in total. The van der Waals surface area contributed by atoms with Gasteiger partial charge in [-0.15, -0.1) is 0 Å². The molecule has 0 radical (unpaired) electrons. The van der Waals surface area contributed by atoms with E-state index in [-0.39, 0.29) is 11.3 Å². The number of para-hydroxylation sites is 1. The van der Waals surface area contributed by atoms with Crippen LogP contribution >= 0.6 is 7.60 Å². The van der Waals surface area contributed by atoms with Crippen molar-refractivity contribution in [2.75, 3.05) is 0 Å². The Morgan fingerprint density at radius 2 is 2.12 bits per heavy atom. The lowest BCUT2D eigenvalue weighted by atomic mass is 10.2. The largest absolute Gasteiger partial charge is 0.475 e. The van der Waals surface area contributed by atoms with E-state index in [4.69, 9.17) is 14.9 Å². The third-order valence-electron chi connectivity index (χ3n) is 2.18. The van der Waals surface area contributed by atoms with Crippen molar-refractivity contribution in [1.82, 2.24) is 9.97 Å². The van der Waals surface area contributed by atoms with E-state index in [0.717, 1.165) is 0 Å². The number of hydrogen-bond acceptors (Lipinski definition) is 3. The SMILES string of the molecule is O=C(O)c1nc2c(CP(=O)(O)O)cccc2[nH]1. The molecule has 0 aliphatic carbocycles. The van der Waals surface area contributed by atoms with E-state index in [1.54, 1.807) is 12.1 Å². The number of fused-ring (bicyclic) bond motifs is 1. The Bertz CT molecular complexity index is 629. The van der Waals surface area contributed by atoms with Gasteiger partial charge >= 0.3 is 13.6 Å². The highest BCUT2D eigenvalue weighted by molar-refractivity contribution is 7.50. The molecule has 1 aromatic heterocycles. The summed E-state index contributed by atoms with van der Waals surface area (Å²) in [5, 5.41) is 8.76. The summed E-state index contributed by atoms with van der Waals surface area (Å²) in [6.45, 7) is 0. The average molecular weight is 256 g/mol. The first-order valence-corrected chi connectivity index (χ1v) is 6.42. The molecule has 17 heavy (non-hydrogen) atoms. The number of rotatable bonds is 3. The molecule has 7 nitrogen and oxygen atoms in total. The molecule has 0 saturated carbocycles. The minimum atomic E-state index is -4.21. The minimum Gasteiger partial charge on any atom is -0.475 e. The summed E-state index contributed by atoms with van der Waals surface area (Å²) in [5.74, 6) is -1.47. The fourth-order valence-corrected chi connectivity index (χ4v) is 2.24. The molecular weight excluding hydrogens is 247 g/mol. The zero-order valence-electron chi connectivity index (χ0n) is 8.49. The number of aromatic carboxylic acids is 1. The van der Waals surface area contributed by atoms with Crippen LogP contribution in [0.4, 0.5) is 0 Å². The summed E-state index contributed by atoms with van der Waals surface area (Å²) in [6.07, 6.45) is -0.464. The van der Waals surface area contributed by atoms with E-state index in [2.05, 4.69) is 9.97 Å². The quantitative estimate of drug-likeness (QED) is 0.606. The van der Waals surface area contributed by atoms with Gasteiger partial charge in [-0.2, -0.15) is 0 Å². The third kappa shape index (κ3) is 2.52. The van der Waals surface area contributed by atoms with Crippen LogP contribution in [-0.4, -0.2) is 30.8 Å². The number of hydrogen-bond donors (Lipinski definition) is 4. The number of aromatic nitrogens is 2. The van der Waals surface area contributed by atoms with Crippen LogP contribution in [0, 0.1) is 0 Å². The van der Waals surface area contributed by atoms with Gasteiger partial charge in [-0.1, -0.05) is 12.1 Å². The molecule has 0 atom stereocenters. The molecule has 0 aliphatic rings. The van der Waals surface area contributed by atoms with Crippen LogP contribution in [0.25, 0.3) is 11.0 Å². The van der Waals surface area contributed by atoms with Gasteiger partial charge in [0.15, 0.2) is 0 Å². The van der Waals surface area contributed by atoms with Crippen molar-refractivity contribution in [3.63, 3.8) is 0 Å². The van der Waals surface area contributed by atoms with Crippen molar-refractivity contribution in [3.05, 3.63) is 29.6 Å². The Balaban J connectivity index is 2.57. The van der Waals surface area contributed by atoms with E-state index < -0.39 is 19.7 Å². The van der Waals surface area contributed by atoms with Crippen molar-refractivity contribution < 1.29 is 24.3 Å².